The van der Waals surface area contributed by atoms with E-state index < -0.39 is 33.3 Å². The Morgan fingerprint density at radius 1 is 1.15 bits per heavy atom. The van der Waals surface area contributed by atoms with Gasteiger partial charge in [0.2, 0.25) is 10.0 Å². The molecule has 1 aromatic heterocycles. The predicted molar refractivity (Wildman–Crippen MR) is 150 cm³/mol. The van der Waals surface area contributed by atoms with Gasteiger partial charge in [0.05, 0.1) is 22.0 Å². The van der Waals surface area contributed by atoms with Crippen LogP contribution in [0.25, 0.3) is 11.3 Å². The van der Waals surface area contributed by atoms with E-state index in [2.05, 4.69) is 5.16 Å². The molecule has 1 saturated heterocycles. The Morgan fingerprint density at radius 3 is 2.54 bits per heavy atom. The number of halogens is 3. The molecule has 1 amide bonds. The fraction of sp³-hybridized carbons (Fsp3) is 0.393. The van der Waals surface area contributed by atoms with Crippen molar-refractivity contribution in [1.29, 1.82) is 0 Å². The number of nitrogens with one attached hydrogen (secondary N) is 1. The lowest BCUT2D eigenvalue weighted by Gasteiger charge is -2.40. The largest absolute Gasteiger partial charge is 0.455 e. The molecule has 1 aliphatic heterocycles. The predicted octanol–water partition coefficient (Wildman–Crippen LogP) is 5.71. The highest BCUT2D eigenvalue weighted by Gasteiger charge is 2.50. The summed E-state index contributed by atoms with van der Waals surface area (Å²) in [6, 6.07) is 8.85. The molecule has 3 fully saturated rings. The van der Waals surface area contributed by atoms with E-state index in [4.69, 9.17) is 32.5 Å². The Hall–Kier alpha value is -3.15. The molecule has 0 spiro atoms. The SMILES string of the molecule is CS(=O)(=O)NC(=O)c1ccc(N2CCC3(OC(=O)c4c(-c5c(Cl)cccc5Cl)noc4C4CC4)CC[C@H]2C3)c(F)c1. The van der Waals surface area contributed by atoms with E-state index in [0.717, 1.165) is 25.2 Å². The average molecular weight is 623 g/mol. The van der Waals surface area contributed by atoms with Crippen LogP contribution >= 0.6 is 23.2 Å². The molecule has 2 heterocycles. The molecule has 2 aliphatic carbocycles. The second kappa shape index (κ2) is 10.3. The van der Waals surface area contributed by atoms with Gasteiger partial charge in [0, 0.05) is 42.5 Å². The number of rotatable bonds is 7. The molecule has 6 rings (SSSR count). The number of nitrogens with zero attached hydrogens (tertiary/aromatic N) is 2. The van der Waals surface area contributed by atoms with Gasteiger partial charge in [0.1, 0.15) is 22.7 Å². The number of sulfonamides is 1. The minimum atomic E-state index is -3.78. The molecule has 1 N–H and O–H groups in total. The molecule has 0 radical (unpaired) electrons. The molecule has 3 aliphatic rings. The number of fused-ring (bicyclic) bond motifs is 2. The van der Waals surface area contributed by atoms with Crippen LogP contribution in [0.2, 0.25) is 10.0 Å². The molecular formula is C28H26Cl2FN3O6S. The van der Waals surface area contributed by atoms with E-state index >= 15 is 4.39 Å². The van der Waals surface area contributed by atoms with E-state index in [1.807, 2.05) is 9.62 Å². The number of carbonyl (C=O) groups excluding carboxylic acids is 2. The van der Waals surface area contributed by atoms with Gasteiger partial charge < -0.3 is 14.2 Å². The fourth-order valence-electron chi connectivity index (χ4n) is 5.90. The third-order valence-corrected chi connectivity index (χ3v) is 9.15. The highest BCUT2D eigenvalue weighted by molar-refractivity contribution is 7.89. The number of anilines is 1. The van der Waals surface area contributed by atoms with Gasteiger partial charge in [0.25, 0.3) is 5.91 Å². The first kappa shape index (κ1) is 28.0. The van der Waals surface area contributed by atoms with Gasteiger partial charge in [-0.05, 0) is 56.0 Å². The zero-order valence-corrected chi connectivity index (χ0v) is 24.3. The lowest BCUT2D eigenvalue weighted by molar-refractivity contribution is -0.0232. The zero-order valence-electron chi connectivity index (χ0n) is 22.0. The monoisotopic (exact) mass is 621 g/mol. The van der Waals surface area contributed by atoms with Gasteiger partial charge >= 0.3 is 5.97 Å². The maximum Gasteiger partial charge on any atom is 0.344 e. The molecule has 2 saturated carbocycles. The molecule has 216 valence electrons. The highest BCUT2D eigenvalue weighted by atomic mass is 35.5. The maximum absolute atomic E-state index is 15.1. The Morgan fingerprint density at radius 2 is 1.88 bits per heavy atom. The number of hydrogen-bond acceptors (Lipinski definition) is 8. The van der Waals surface area contributed by atoms with Crippen molar-refractivity contribution in [3.8, 4) is 11.3 Å². The number of hydrogen-bond donors (Lipinski definition) is 1. The Bertz CT molecular complexity index is 1650. The average Bonchev–Trinajstić information content (AvgIpc) is 3.57. The fourth-order valence-corrected chi connectivity index (χ4v) is 6.93. The summed E-state index contributed by atoms with van der Waals surface area (Å²) >= 11 is 12.9. The molecule has 41 heavy (non-hydrogen) atoms. The zero-order chi connectivity index (χ0) is 29.1. The summed E-state index contributed by atoms with van der Waals surface area (Å²) in [5, 5.41) is 4.87. The Kier molecular flexibility index (Phi) is 7.02. The molecule has 3 aromatic rings. The second-order valence-electron chi connectivity index (χ2n) is 10.9. The van der Waals surface area contributed by atoms with Crippen molar-refractivity contribution in [2.75, 3.05) is 17.7 Å². The molecule has 2 aromatic carbocycles. The number of ether oxygens (including phenoxy) is 1. The van der Waals surface area contributed by atoms with Crippen molar-refractivity contribution in [3.63, 3.8) is 0 Å². The van der Waals surface area contributed by atoms with Gasteiger partial charge in [-0.15, -0.1) is 0 Å². The third kappa shape index (κ3) is 5.42. The first-order chi connectivity index (χ1) is 19.4. The smallest absolute Gasteiger partial charge is 0.344 e. The van der Waals surface area contributed by atoms with Crippen LogP contribution in [0.5, 0.6) is 0 Å². The highest BCUT2D eigenvalue weighted by Crippen LogP contribution is 2.49. The number of amides is 1. The number of carbonyl (C=O) groups is 2. The van der Waals surface area contributed by atoms with Crippen LogP contribution in [-0.2, 0) is 14.8 Å². The van der Waals surface area contributed by atoms with Crippen LogP contribution in [0.1, 0.15) is 70.9 Å². The topological polar surface area (TPSA) is 119 Å². The van der Waals surface area contributed by atoms with Crippen molar-refractivity contribution in [3.05, 3.63) is 69.1 Å². The molecule has 13 heteroatoms. The lowest BCUT2D eigenvalue weighted by atomic mass is 9.92. The van der Waals surface area contributed by atoms with E-state index in [1.54, 1.807) is 18.2 Å². The standard InChI is InChI=1S/C28H26Cl2FN3O6S/c1-41(37,38)33-26(35)16-7-8-21(20(31)13-16)34-12-11-28(10-9-17(34)14-28)39-27(36)23-24(32-40-25(23)15-5-6-15)22-18(29)3-2-4-19(22)30/h2-4,7-8,13,15,17H,5-6,9-12,14H2,1H3,(H,33,35)/t17-,28?/m0/s1. The summed E-state index contributed by atoms with van der Waals surface area (Å²) in [5.41, 5.74) is 0.397. The molecule has 9 nitrogen and oxygen atoms in total. The number of aromatic nitrogens is 1. The van der Waals surface area contributed by atoms with E-state index in [1.165, 1.54) is 12.1 Å². The summed E-state index contributed by atoms with van der Waals surface area (Å²) in [4.78, 5) is 27.8. The van der Waals surface area contributed by atoms with Crippen LogP contribution < -0.4 is 9.62 Å². The van der Waals surface area contributed by atoms with Crippen LogP contribution in [0.15, 0.2) is 40.9 Å². The summed E-state index contributed by atoms with van der Waals surface area (Å²) in [6.45, 7) is 0.423. The van der Waals surface area contributed by atoms with Gasteiger partial charge in [0.15, 0.2) is 5.76 Å². The Labute approximate surface area is 246 Å². The van der Waals surface area contributed by atoms with Crippen molar-refractivity contribution in [1.82, 2.24) is 9.88 Å². The van der Waals surface area contributed by atoms with Gasteiger partial charge in [-0.1, -0.05) is 34.4 Å². The van der Waals surface area contributed by atoms with E-state index in [9.17, 15) is 18.0 Å². The quantitative estimate of drug-likeness (QED) is 0.333. The van der Waals surface area contributed by atoms with Crippen molar-refractivity contribution in [2.45, 2.75) is 56.1 Å². The summed E-state index contributed by atoms with van der Waals surface area (Å²) in [7, 11) is -3.78. The van der Waals surface area contributed by atoms with Gasteiger partial charge in [-0.2, -0.15) is 0 Å². The number of esters is 1. The van der Waals surface area contributed by atoms with E-state index in [0.29, 0.717) is 59.3 Å². The number of benzene rings is 2. The summed E-state index contributed by atoms with van der Waals surface area (Å²) in [5.74, 6) is -1.52. The van der Waals surface area contributed by atoms with Crippen LogP contribution in [0.4, 0.5) is 10.1 Å². The lowest BCUT2D eigenvalue weighted by Crippen LogP contribution is -2.47. The first-order valence-electron chi connectivity index (χ1n) is 13.2. The van der Waals surface area contributed by atoms with E-state index in [-0.39, 0.29) is 28.8 Å². The molecule has 2 bridgehead atoms. The van der Waals surface area contributed by atoms with Crippen LogP contribution in [-0.4, -0.2) is 49.9 Å². The van der Waals surface area contributed by atoms with Crippen molar-refractivity contribution < 1.29 is 31.7 Å². The first-order valence-corrected chi connectivity index (χ1v) is 15.8. The van der Waals surface area contributed by atoms with Crippen LogP contribution in [0, 0.1) is 5.82 Å². The van der Waals surface area contributed by atoms with Gasteiger partial charge in [-0.3, -0.25) is 4.79 Å². The number of piperidine rings is 1. The molecule has 2 atom stereocenters. The van der Waals surface area contributed by atoms with Gasteiger partial charge in [-0.25, -0.2) is 22.3 Å². The minimum Gasteiger partial charge on any atom is -0.455 e. The minimum absolute atomic E-state index is 0.0844. The molecule has 1 unspecified atom stereocenters. The molecular weight excluding hydrogens is 596 g/mol. The second-order valence-corrected chi connectivity index (χ2v) is 13.5. The summed E-state index contributed by atoms with van der Waals surface area (Å²) in [6.07, 6.45) is 4.86. The van der Waals surface area contributed by atoms with Crippen LogP contribution in [0.3, 0.4) is 0 Å². The summed E-state index contributed by atoms with van der Waals surface area (Å²) < 4.78 is 51.6. The third-order valence-electron chi connectivity index (χ3n) is 7.97. The van der Waals surface area contributed by atoms with Crippen molar-refractivity contribution >= 4 is 50.8 Å². The normalized spacial score (nSPS) is 22.0. The maximum atomic E-state index is 15.1. The Balaban J connectivity index is 1.22. The van der Waals surface area contributed by atoms with Crippen molar-refractivity contribution in [2.24, 2.45) is 0 Å².